The van der Waals surface area contributed by atoms with E-state index >= 15 is 0 Å². The number of carbonyl (C=O) groups is 3. The van der Waals surface area contributed by atoms with Crippen LogP contribution >= 0.6 is 0 Å². The summed E-state index contributed by atoms with van der Waals surface area (Å²) in [7, 11) is 0. The van der Waals surface area contributed by atoms with Gasteiger partial charge in [0.25, 0.3) is 5.91 Å². The predicted octanol–water partition coefficient (Wildman–Crippen LogP) is 5.56. The van der Waals surface area contributed by atoms with Crippen LogP contribution in [0.5, 0.6) is 0 Å². The number of rotatable bonds is 7. The van der Waals surface area contributed by atoms with Gasteiger partial charge in [-0.1, -0.05) is 75.6 Å². The monoisotopic (exact) mass is 593 g/mol. The summed E-state index contributed by atoms with van der Waals surface area (Å²) >= 11 is 0. The van der Waals surface area contributed by atoms with Gasteiger partial charge in [-0.25, -0.2) is 0 Å². The van der Waals surface area contributed by atoms with Crippen molar-refractivity contribution in [2.24, 2.45) is 22.7 Å². The third kappa shape index (κ3) is 5.55. The number of amides is 3. The number of aromatic nitrogens is 2. The van der Waals surface area contributed by atoms with Crippen LogP contribution in [0.4, 0.5) is 5.69 Å². The number of hydrogen-bond acceptors (Lipinski definition) is 4. The van der Waals surface area contributed by atoms with Gasteiger partial charge in [-0.3, -0.25) is 19.1 Å². The fraction of sp³-hybridized carbons (Fsp3) is 0.500. The predicted molar refractivity (Wildman–Crippen MR) is 169 cm³/mol. The smallest absolute Gasteiger partial charge is 0.257 e. The standard InChI is InChI=1S/C36H43N5O3/c1-35(2)17-30(35)34(44)40-23-36(24-40)22-39(33(43)28-18-37-41(20-28)19-25-9-5-3-6-10-25)21-31(36)26-13-15-29(16-14-26)38-32(42)27-11-7-4-8-12-27/h3,5-6,9-10,13-16,18,20,27,30-31H,4,7-8,11-12,17,19,21-24H2,1-2H3,(H,38,42)/t30-,31?/m1/s1. The lowest BCUT2D eigenvalue weighted by molar-refractivity contribution is -0.145. The van der Waals surface area contributed by atoms with Crippen LogP contribution in [0, 0.1) is 22.7 Å². The Balaban J connectivity index is 1.07. The fourth-order valence-corrected chi connectivity index (χ4v) is 7.80. The van der Waals surface area contributed by atoms with E-state index in [1.807, 2.05) is 51.0 Å². The molecule has 8 heteroatoms. The molecule has 3 aromatic rings. The molecule has 2 saturated carbocycles. The Kier molecular flexibility index (Phi) is 7.34. The molecule has 8 nitrogen and oxygen atoms in total. The van der Waals surface area contributed by atoms with Crippen LogP contribution in [-0.2, 0) is 16.1 Å². The first-order valence-corrected chi connectivity index (χ1v) is 16.3. The summed E-state index contributed by atoms with van der Waals surface area (Å²) in [6.07, 6.45) is 9.87. The molecule has 2 aromatic carbocycles. The van der Waals surface area contributed by atoms with Gasteiger partial charge < -0.3 is 15.1 Å². The van der Waals surface area contributed by atoms with E-state index < -0.39 is 0 Å². The second-order valence-corrected chi connectivity index (χ2v) is 14.4. The Morgan fingerprint density at radius 3 is 2.27 bits per heavy atom. The maximum atomic E-state index is 13.8. The maximum absolute atomic E-state index is 13.8. The highest BCUT2D eigenvalue weighted by Gasteiger charge is 2.60. The summed E-state index contributed by atoms with van der Waals surface area (Å²) < 4.78 is 1.81. The van der Waals surface area contributed by atoms with Gasteiger partial charge in [-0.05, 0) is 47.9 Å². The third-order valence-electron chi connectivity index (χ3n) is 10.7. The highest BCUT2D eigenvalue weighted by Crippen LogP contribution is 2.56. The number of nitrogens with one attached hydrogen (secondary N) is 1. The lowest BCUT2D eigenvalue weighted by Crippen LogP contribution is -2.62. The second-order valence-electron chi connectivity index (χ2n) is 14.4. The van der Waals surface area contributed by atoms with Gasteiger partial charge in [0, 0.05) is 61.2 Å². The third-order valence-corrected chi connectivity index (χ3v) is 10.7. The first-order valence-electron chi connectivity index (χ1n) is 16.3. The SMILES string of the molecule is CC1(C)C[C@@H]1C(=O)N1CC2(CN(C(=O)c3cnn(Cc4ccccc4)c3)CC2c2ccc(NC(=O)C3CCCCC3)cc2)C1. The summed E-state index contributed by atoms with van der Waals surface area (Å²) in [4.78, 5) is 43.9. The summed E-state index contributed by atoms with van der Waals surface area (Å²) in [6, 6.07) is 18.3. The number of anilines is 1. The Hall–Kier alpha value is -3.94. The molecule has 3 amide bonds. The van der Waals surface area contributed by atoms with Crippen molar-refractivity contribution in [3.05, 3.63) is 83.7 Å². The van der Waals surface area contributed by atoms with Crippen LogP contribution in [0.1, 0.15) is 79.8 Å². The molecule has 4 aliphatic rings. The van der Waals surface area contributed by atoms with E-state index in [1.54, 1.807) is 6.20 Å². The van der Waals surface area contributed by atoms with Gasteiger partial charge in [0.05, 0.1) is 18.3 Å². The minimum Gasteiger partial charge on any atom is -0.341 e. The average molecular weight is 594 g/mol. The van der Waals surface area contributed by atoms with Crippen molar-refractivity contribution in [3.8, 4) is 0 Å². The summed E-state index contributed by atoms with van der Waals surface area (Å²) in [5.74, 6) is 0.677. The average Bonchev–Trinajstić information content (AvgIpc) is 3.32. The zero-order valence-electron chi connectivity index (χ0n) is 25.9. The summed E-state index contributed by atoms with van der Waals surface area (Å²) in [6.45, 7) is 7.47. The maximum Gasteiger partial charge on any atom is 0.257 e. The molecule has 7 rings (SSSR count). The fourth-order valence-electron chi connectivity index (χ4n) is 7.80. The summed E-state index contributed by atoms with van der Waals surface area (Å²) in [5.41, 5.74) is 3.59. The Bertz CT molecular complexity index is 1530. The van der Waals surface area contributed by atoms with Gasteiger partial charge >= 0.3 is 0 Å². The van der Waals surface area contributed by atoms with Crippen molar-refractivity contribution >= 4 is 23.4 Å². The minimum atomic E-state index is -0.183. The molecule has 0 bridgehead atoms. The van der Waals surface area contributed by atoms with E-state index in [0.717, 1.165) is 48.9 Å². The van der Waals surface area contributed by atoms with E-state index in [-0.39, 0.29) is 46.3 Å². The van der Waals surface area contributed by atoms with Crippen LogP contribution in [0.3, 0.4) is 0 Å². The first-order chi connectivity index (χ1) is 21.2. The Morgan fingerprint density at radius 2 is 1.59 bits per heavy atom. The molecule has 2 aliphatic carbocycles. The van der Waals surface area contributed by atoms with Gasteiger partial charge in [-0.2, -0.15) is 5.10 Å². The molecular formula is C36H43N5O3. The molecule has 1 aromatic heterocycles. The highest BCUT2D eigenvalue weighted by molar-refractivity contribution is 5.94. The van der Waals surface area contributed by atoms with Crippen molar-refractivity contribution in [1.82, 2.24) is 19.6 Å². The van der Waals surface area contributed by atoms with Crippen LogP contribution < -0.4 is 5.32 Å². The van der Waals surface area contributed by atoms with E-state index in [0.29, 0.717) is 38.3 Å². The molecule has 4 fully saturated rings. The van der Waals surface area contributed by atoms with Crippen molar-refractivity contribution < 1.29 is 14.4 Å². The normalized spacial score (nSPS) is 23.8. The highest BCUT2D eigenvalue weighted by atomic mass is 16.2. The van der Waals surface area contributed by atoms with Gasteiger partial charge in [0.1, 0.15) is 0 Å². The second kappa shape index (κ2) is 11.2. The van der Waals surface area contributed by atoms with Gasteiger partial charge in [-0.15, -0.1) is 0 Å². The van der Waals surface area contributed by atoms with Crippen molar-refractivity contribution in [1.29, 1.82) is 0 Å². The zero-order valence-corrected chi connectivity index (χ0v) is 25.9. The first kappa shape index (κ1) is 28.8. The van der Waals surface area contributed by atoms with Crippen LogP contribution in [0.2, 0.25) is 0 Å². The molecular weight excluding hydrogens is 550 g/mol. The van der Waals surface area contributed by atoms with Crippen molar-refractivity contribution in [2.45, 2.75) is 64.8 Å². The van der Waals surface area contributed by atoms with Gasteiger partial charge in [0.2, 0.25) is 11.8 Å². The van der Waals surface area contributed by atoms with E-state index in [2.05, 4.69) is 48.5 Å². The Morgan fingerprint density at radius 1 is 0.909 bits per heavy atom. The molecule has 2 aliphatic heterocycles. The van der Waals surface area contributed by atoms with E-state index in [9.17, 15) is 14.4 Å². The number of hydrogen-bond donors (Lipinski definition) is 1. The Labute approximate surface area is 259 Å². The molecule has 44 heavy (non-hydrogen) atoms. The molecule has 0 radical (unpaired) electrons. The van der Waals surface area contributed by atoms with E-state index in [1.165, 1.54) is 6.42 Å². The largest absolute Gasteiger partial charge is 0.341 e. The lowest BCUT2D eigenvalue weighted by Gasteiger charge is -2.51. The van der Waals surface area contributed by atoms with Gasteiger partial charge in [0.15, 0.2) is 0 Å². The molecule has 2 atom stereocenters. The number of carbonyl (C=O) groups excluding carboxylic acids is 3. The molecule has 1 unspecified atom stereocenters. The quantitative estimate of drug-likeness (QED) is 0.388. The molecule has 2 saturated heterocycles. The zero-order chi connectivity index (χ0) is 30.5. The molecule has 230 valence electrons. The van der Waals surface area contributed by atoms with Crippen molar-refractivity contribution in [3.63, 3.8) is 0 Å². The van der Waals surface area contributed by atoms with Crippen LogP contribution in [0.15, 0.2) is 67.0 Å². The number of nitrogens with zero attached hydrogens (tertiary/aromatic N) is 4. The number of benzene rings is 2. The van der Waals surface area contributed by atoms with Crippen LogP contribution in [-0.4, -0.2) is 63.5 Å². The molecule has 1 spiro atoms. The lowest BCUT2D eigenvalue weighted by atomic mass is 9.68. The number of likely N-dealkylation sites (tertiary alicyclic amines) is 2. The topological polar surface area (TPSA) is 87.5 Å². The minimum absolute atomic E-state index is 0.0179. The van der Waals surface area contributed by atoms with E-state index in [4.69, 9.17) is 0 Å². The van der Waals surface area contributed by atoms with Crippen LogP contribution in [0.25, 0.3) is 0 Å². The molecule has 1 N–H and O–H groups in total. The van der Waals surface area contributed by atoms with Crippen molar-refractivity contribution in [2.75, 3.05) is 31.5 Å². The molecule has 3 heterocycles. The summed E-state index contributed by atoms with van der Waals surface area (Å²) in [5, 5.41) is 7.61.